The maximum absolute atomic E-state index is 13.2. The van der Waals surface area contributed by atoms with E-state index in [1.165, 1.54) is 16.2 Å². The Balaban J connectivity index is 1.61. The summed E-state index contributed by atoms with van der Waals surface area (Å²) in [5.41, 5.74) is 0.952. The monoisotopic (exact) mass is 463 g/mol. The molecular formula is C25H21NO6S. The molecule has 3 aromatic rings. The molecule has 2 aliphatic heterocycles. The van der Waals surface area contributed by atoms with Crippen molar-refractivity contribution < 1.29 is 28.9 Å². The van der Waals surface area contributed by atoms with Gasteiger partial charge < -0.3 is 19.3 Å². The number of thiophene rings is 1. The molecule has 0 saturated carbocycles. The molecule has 1 fully saturated rings. The third-order valence-corrected chi connectivity index (χ3v) is 6.32. The fourth-order valence-corrected chi connectivity index (χ4v) is 4.79. The van der Waals surface area contributed by atoms with Crippen LogP contribution in [0.5, 0.6) is 17.2 Å². The quantitative estimate of drug-likeness (QED) is 0.329. The highest BCUT2D eigenvalue weighted by atomic mass is 32.1. The minimum atomic E-state index is -0.767. The van der Waals surface area contributed by atoms with Crippen molar-refractivity contribution in [3.05, 3.63) is 76.0 Å². The standard InChI is InChI=1S/C25H21NO6S/c1-14(2)32-17-8-5-15(6-9-17)23(27)21-22(20-4-3-11-33-20)26(25(29)24(21)28)16-7-10-18-19(12-16)31-13-30-18/h3-12,14,22,27H,13H2,1-2H3/b23-21-. The Hall–Kier alpha value is -3.78. The van der Waals surface area contributed by atoms with Crippen molar-refractivity contribution in [1.29, 1.82) is 0 Å². The van der Waals surface area contributed by atoms with E-state index in [1.54, 1.807) is 42.5 Å². The summed E-state index contributed by atoms with van der Waals surface area (Å²) in [6.45, 7) is 3.95. The summed E-state index contributed by atoms with van der Waals surface area (Å²) in [6.07, 6.45) is 0.00954. The highest BCUT2D eigenvalue weighted by Gasteiger charge is 2.47. The van der Waals surface area contributed by atoms with Gasteiger partial charge in [0.1, 0.15) is 17.6 Å². The summed E-state index contributed by atoms with van der Waals surface area (Å²) in [4.78, 5) is 28.5. The van der Waals surface area contributed by atoms with Crippen LogP contribution < -0.4 is 19.1 Å². The molecule has 1 amide bonds. The molecule has 8 heteroatoms. The van der Waals surface area contributed by atoms with Crippen molar-refractivity contribution in [1.82, 2.24) is 0 Å². The molecule has 2 aromatic carbocycles. The van der Waals surface area contributed by atoms with Gasteiger partial charge in [0.15, 0.2) is 11.5 Å². The van der Waals surface area contributed by atoms with Gasteiger partial charge in [-0.15, -0.1) is 11.3 Å². The lowest BCUT2D eigenvalue weighted by Crippen LogP contribution is -2.29. The van der Waals surface area contributed by atoms with E-state index in [-0.39, 0.29) is 24.2 Å². The normalized spacial score (nSPS) is 18.9. The Labute approximate surface area is 194 Å². The van der Waals surface area contributed by atoms with Crippen molar-refractivity contribution in [3.63, 3.8) is 0 Å². The highest BCUT2D eigenvalue weighted by Crippen LogP contribution is 2.45. The van der Waals surface area contributed by atoms with Crippen LogP contribution in [0, 0.1) is 0 Å². The molecule has 1 atom stereocenters. The molecule has 7 nitrogen and oxygen atoms in total. The number of aliphatic hydroxyl groups is 1. The summed E-state index contributed by atoms with van der Waals surface area (Å²) >= 11 is 1.41. The number of ether oxygens (including phenoxy) is 3. The molecule has 1 unspecified atom stereocenters. The molecule has 1 N–H and O–H groups in total. The number of Topliss-reactive ketones (excluding diaryl/α,β-unsaturated/α-hetero) is 1. The zero-order chi connectivity index (χ0) is 23.1. The Morgan fingerprint density at radius 1 is 1.09 bits per heavy atom. The van der Waals surface area contributed by atoms with E-state index in [0.717, 1.165) is 4.88 Å². The van der Waals surface area contributed by atoms with E-state index >= 15 is 0 Å². The highest BCUT2D eigenvalue weighted by molar-refractivity contribution is 7.10. The number of ketones is 1. The molecule has 0 radical (unpaired) electrons. The average molecular weight is 464 g/mol. The molecule has 1 aromatic heterocycles. The van der Waals surface area contributed by atoms with Crippen LogP contribution >= 0.6 is 11.3 Å². The predicted molar refractivity (Wildman–Crippen MR) is 124 cm³/mol. The van der Waals surface area contributed by atoms with Crippen molar-refractivity contribution in [2.24, 2.45) is 0 Å². The summed E-state index contributed by atoms with van der Waals surface area (Å²) in [5, 5.41) is 13.0. The summed E-state index contributed by atoms with van der Waals surface area (Å²) in [7, 11) is 0. The first-order valence-electron chi connectivity index (χ1n) is 10.4. The largest absolute Gasteiger partial charge is 0.507 e. The van der Waals surface area contributed by atoms with Crippen molar-refractivity contribution in [2.75, 3.05) is 11.7 Å². The second-order valence-corrected chi connectivity index (χ2v) is 8.89. The minimum Gasteiger partial charge on any atom is -0.507 e. The van der Waals surface area contributed by atoms with Crippen LogP contribution in [0.2, 0.25) is 0 Å². The third kappa shape index (κ3) is 3.72. The maximum Gasteiger partial charge on any atom is 0.300 e. The number of rotatable bonds is 5. The second-order valence-electron chi connectivity index (χ2n) is 7.91. The molecule has 0 bridgehead atoms. The number of aliphatic hydroxyl groups excluding tert-OH is 1. The number of anilines is 1. The first kappa shape index (κ1) is 21.1. The van der Waals surface area contributed by atoms with E-state index in [1.807, 2.05) is 31.4 Å². The van der Waals surface area contributed by atoms with Gasteiger partial charge in [0.25, 0.3) is 11.7 Å². The van der Waals surface area contributed by atoms with Gasteiger partial charge in [-0.3, -0.25) is 14.5 Å². The Morgan fingerprint density at radius 2 is 1.85 bits per heavy atom. The molecule has 0 spiro atoms. The number of nitrogens with zero attached hydrogens (tertiary/aromatic N) is 1. The zero-order valence-electron chi connectivity index (χ0n) is 18.0. The van der Waals surface area contributed by atoms with Crippen LogP contribution in [0.4, 0.5) is 5.69 Å². The van der Waals surface area contributed by atoms with Crippen LogP contribution in [0.15, 0.2) is 65.6 Å². The lowest BCUT2D eigenvalue weighted by Gasteiger charge is -2.24. The van der Waals surface area contributed by atoms with E-state index in [9.17, 15) is 14.7 Å². The van der Waals surface area contributed by atoms with Crippen molar-refractivity contribution in [3.8, 4) is 17.2 Å². The number of hydrogen-bond donors (Lipinski definition) is 1. The van der Waals surface area contributed by atoms with Crippen LogP contribution in [-0.4, -0.2) is 29.7 Å². The lowest BCUT2D eigenvalue weighted by molar-refractivity contribution is -0.132. The van der Waals surface area contributed by atoms with Gasteiger partial charge in [0, 0.05) is 22.2 Å². The number of carbonyl (C=O) groups is 2. The number of carbonyl (C=O) groups excluding carboxylic acids is 2. The summed E-state index contributed by atoms with van der Waals surface area (Å²) in [5.74, 6) is 0.0368. The predicted octanol–water partition coefficient (Wildman–Crippen LogP) is 4.89. The van der Waals surface area contributed by atoms with Gasteiger partial charge in [0.2, 0.25) is 6.79 Å². The first-order valence-corrected chi connectivity index (χ1v) is 11.3. The Morgan fingerprint density at radius 3 is 2.55 bits per heavy atom. The van der Waals surface area contributed by atoms with Gasteiger partial charge in [-0.1, -0.05) is 6.07 Å². The van der Waals surface area contributed by atoms with Crippen LogP contribution in [0.3, 0.4) is 0 Å². The molecular weight excluding hydrogens is 442 g/mol. The van der Waals surface area contributed by atoms with Gasteiger partial charge in [0.05, 0.1) is 11.7 Å². The average Bonchev–Trinajstić information content (AvgIpc) is 3.53. The number of amides is 1. The fraction of sp³-hybridized carbons (Fsp3) is 0.200. The summed E-state index contributed by atoms with van der Waals surface area (Å²) < 4.78 is 16.5. The van der Waals surface area contributed by atoms with Crippen LogP contribution in [0.25, 0.3) is 5.76 Å². The first-order chi connectivity index (χ1) is 15.9. The SMILES string of the molecule is CC(C)Oc1ccc(/C(O)=C2/C(=O)C(=O)N(c3ccc4c(c3)OCO4)C2c2cccs2)cc1. The maximum atomic E-state index is 13.2. The van der Waals surface area contributed by atoms with E-state index in [0.29, 0.717) is 28.5 Å². The fourth-order valence-electron chi connectivity index (χ4n) is 3.97. The molecule has 33 heavy (non-hydrogen) atoms. The molecule has 2 aliphatic rings. The summed E-state index contributed by atoms with van der Waals surface area (Å²) in [6, 6.07) is 14.8. The van der Waals surface area contributed by atoms with Gasteiger partial charge in [-0.25, -0.2) is 0 Å². The van der Waals surface area contributed by atoms with Crippen molar-refractivity contribution in [2.45, 2.75) is 26.0 Å². The third-order valence-electron chi connectivity index (χ3n) is 5.39. The zero-order valence-corrected chi connectivity index (χ0v) is 18.8. The van der Waals surface area contributed by atoms with E-state index in [4.69, 9.17) is 14.2 Å². The van der Waals surface area contributed by atoms with E-state index in [2.05, 4.69) is 0 Å². The smallest absolute Gasteiger partial charge is 0.300 e. The van der Waals surface area contributed by atoms with Gasteiger partial charge in [-0.2, -0.15) is 0 Å². The molecule has 3 heterocycles. The topological polar surface area (TPSA) is 85.3 Å². The Bertz CT molecular complexity index is 1250. The Kier molecular flexibility index (Phi) is 5.30. The number of benzene rings is 2. The minimum absolute atomic E-state index is 0.00954. The van der Waals surface area contributed by atoms with Crippen LogP contribution in [-0.2, 0) is 9.59 Å². The van der Waals surface area contributed by atoms with Crippen LogP contribution in [0.1, 0.15) is 30.3 Å². The second kappa shape index (κ2) is 8.29. The number of fused-ring (bicyclic) bond motifs is 1. The molecule has 0 aliphatic carbocycles. The molecule has 168 valence electrons. The molecule has 5 rings (SSSR count). The lowest BCUT2D eigenvalue weighted by atomic mass is 9.99. The van der Waals surface area contributed by atoms with Gasteiger partial charge in [-0.05, 0) is 61.7 Å². The van der Waals surface area contributed by atoms with E-state index < -0.39 is 17.7 Å². The van der Waals surface area contributed by atoms with Crippen molar-refractivity contribution >= 4 is 34.5 Å². The van der Waals surface area contributed by atoms with Gasteiger partial charge >= 0.3 is 0 Å². The number of hydrogen-bond acceptors (Lipinski definition) is 7. The molecule has 1 saturated heterocycles.